The van der Waals surface area contributed by atoms with E-state index in [1.54, 1.807) is 0 Å². The molecule has 1 aliphatic rings. The van der Waals surface area contributed by atoms with Gasteiger partial charge in [-0.3, -0.25) is 9.59 Å². The molecule has 0 radical (unpaired) electrons. The molecule has 10 nitrogen and oxygen atoms in total. The number of hydroxylamine groups is 2. The van der Waals surface area contributed by atoms with Crippen molar-refractivity contribution in [3.05, 3.63) is 0 Å². The van der Waals surface area contributed by atoms with Gasteiger partial charge in [0.25, 0.3) is 11.8 Å². The summed E-state index contributed by atoms with van der Waals surface area (Å²) in [5, 5.41) is 42.9. The van der Waals surface area contributed by atoms with E-state index < -0.39 is 29.5 Å². The molecule has 0 aliphatic carbocycles. The molecule has 1 aliphatic heterocycles. The first kappa shape index (κ1) is 13.5. The van der Waals surface area contributed by atoms with Crippen molar-refractivity contribution in [1.82, 2.24) is 5.06 Å². The number of hydrogen-bond acceptors (Lipinski definition) is 9. The lowest BCUT2D eigenvalue weighted by atomic mass is 10.2. The van der Waals surface area contributed by atoms with Gasteiger partial charge in [0, 0.05) is 12.8 Å². The zero-order chi connectivity index (χ0) is 13.4. The standard InChI is InChI=1S/C7H9NO9/c9-3-1-2-4(10)8(3)17-5(11)6(12,13)7(14,15)16/h12-16H,1-2H2. The molecule has 0 unspecified atom stereocenters. The molecule has 1 saturated heterocycles. The molecule has 0 bridgehead atoms. The summed E-state index contributed by atoms with van der Waals surface area (Å²) in [5.74, 6) is -12.4. The summed E-state index contributed by atoms with van der Waals surface area (Å²) in [5.41, 5.74) is 0. The summed E-state index contributed by atoms with van der Waals surface area (Å²) in [6.45, 7) is 0. The van der Waals surface area contributed by atoms with Gasteiger partial charge >= 0.3 is 17.7 Å². The fraction of sp³-hybridized carbons (Fsp3) is 0.571. The van der Waals surface area contributed by atoms with Crippen molar-refractivity contribution in [2.45, 2.75) is 24.6 Å². The van der Waals surface area contributed by atoms with Crippen molar-refractivity contribution in [3.8, 4) is 0 Å². The number of amides is 2. The maximum Gasteiger partial charge on any atom is 0.400 e. The molecular weight excluding hydrogens is 242 g/mol. The number of carbonyl (C=O) groups excluding carboxylic acids is 3. The number of rotatable bonds is 3. The summed E-state index contributed by atoms with van der Waals surface area (Å²) >= 11 is 0. The maximum absolute atomic E-state index is 11.0. The SMILES string of the molecule is O=C1CCC(=O)N1OC(=O)C(O)(O)C(O)(O)O. The molecule has 2 amide bonds. The molecule has 0 aromatic heterocycles. The van der Waals surface area contributed by atoms with Gasteiger partial charge in [0.05, 0.1) is 0 Å². The van der Waals surface area contributed by atoms with E-state index >= 15 is 0 Å². The third-order valence-corrected chi connectivity index (χ3v) is 1.93. The Kier molecular flexibility index (Phi) is 3.18. The Morgan fingerprint density at radius 2 is 1.47 bits per heavy atom. The summed E-state index contributed by atoms with van der Waals surface area (Å²) in [4.78, 5) is 36.9. The Morgan fingerprint density at radius 1 is 1.06 bits per heavy atom. The molecule has 0 atom stereocenters. The number of hydrogen-bond donors (Lipinski definition) is 5. The van der Waals surface area contributed by atoms with Crippen LogP contribution in [0.2, 0.25) is 0 Å². The minimum atomic E-state index is -4.21. The first-order valence-corrected chi connectivity index (χ1v) is 4.27. The highest BCUT2D eigenvalue weighted by molar-refractivity contribution is 6.01. The van der Waals surface area contributed by atoms with Crippen LogP contribution in [0.5, 0.6) is 0 Å². The van der Waals surface area contributed by atoms with Crippen LogP contribution in [-0.4, -0.2) is 60.1 Å². The van der Waals surface area contributed by atoms with Gasteiger partial charge in [-0.05, 0) is 0 Å². The van der Waals surface area contributed by atoms with Crippen LogP contribution >= 0.6 is 0 Å². The third kappa shape index (κ3) is 2.40. The fourth-order valence-corrected chi connectivity index (χ4v) is 0.941. The molecule has 0 aromatic rings. The number of nitrogens with zero attached hydrogens (tertiary/aromatic N) is 1. The van der Waals surface area contributed by atoms with E-state index in [2.05, 4.69) is 4.84 Å². The molecule has 0 aromatic carbocycles. The second-order valence-corrected chi connectivity index (χ2v) is 3.27. The average Bonchev–Trinajstić information content (AvgIpc) is 2.47. The quantitative estimate of drug-likeness (QED) is 0.247. The second-order valence-electron chi connectivity index (χ2n) is 3.27. The zero-order valence-electron chi connectivity index (χ0n) is 8.23. The molecular formula is C7H9NO9. The highest BCUT2D eigenvalue weighted by atomic mass is 16.8. The van der Waals surface area contributed by atoms with Crippen LogP contribution in [0.4, 0.5) is 0 Å². The lowest BCUT2D eigenvalue weighted by Gasteiger charge is -2.28. The van der Waals surface area contributed by atoms with Gasteiger partial charge in [0.1, 0.15) is 0 Å². The van der Waals surface area contributed by atoms with Crippen molar-refractivity contribution in [2.75, 3.05) is 0 Å². The van der Waals surface area contributed by atoms with Crippen molar-refractivity contribution >= 4 is 17.8 Å². The Morgan fingerprint density at radius 3 is 1.82 bits per heavy atom. The van der Waals surface area contributed by atoms with Crippen LogP contribution in [0.1, 0.15) is 12.8 Å². The first-order chi connectivity index (χ1) is 7.57. The van der Waals surface area contributed by atoms with Crippen LogP contribution in [0, 0.1) is 0 Å². The molecule has 96 valence electrons. The molecule has 1 heterocycles. The number of aliphatic hydroxyl groups is 5. The minimum absolute atomic E-state index is 0.0603. The largest absolute Gasteiger partial charge is 0.400 e. The zero-order valence-corrected chi connectivity index (χ0v) is 8.23. The first-order valence-electron chi connectivity index (χ1n) is 4.27. The summed E-state index contributed by atoms with van der Waals surface area (Å²) in [6.07, 6.45) is -0.475. The normalized spacial score (nSPS) is 17.6. The van der Waals surface area contributed by atoms with Crippen molar-refractivity contribution < 1.29 is 44.8 Å². The average molecular weight is 251 g/mol. The van der Waals surface area contributed by atoms with Crippen LogP contribution in [0.3, 0.4) is 0 Å². The molecule has 1 rings (SSSR count). The van der Waals surface area contributed by atoms with Crippen LogP contribution in [0.25, 0.3) is 0 Å². The molecule has 5 N–H and O–H groups in total. The molecule has 10 heteroatoms. The summed E-state index contributed by atoms with van der Waals surface area (Å²) < 4.78 is 0. The van der Waals surface area contributed by atoms with Crippen molar-refractivity contribution in [3.63, 3.8) is 0 Å². The van der Waals surface area contributed by atoms with E-state index in [0.29, 0.717) is 0 Å². The highest BCUT2D eigenvalue weighted by Crippen LogP contribution is 2.19. The number of imide groups is 1. The second kappa shape index (κ2) is 4.01. The third-order valence-electron chi connectivity index (χ3n) is 1.93. The Balaban J connectivity index is 2.80. The molecule has 0 spiro atoms. The van der Waals surface area contributed by atoms with Crippen molar-refractivity contribution in [2.24, 2.45) is 0 Å². The van der Waals surface area contributed by atoms with E-state index in [1.165, 1.54) is 0 Å². The Labute approximate surface area is 93.2 Å². The highest BCUT2D eigenvalue weighted by Gasteiger charge is 2.56. The van der Waals surface area contributed by atoms with Crippen LogP contribution in [-0.2, 0) is 19.2 Å². The Bertz CT molecular complexity index is 352. The van der Waals surface area contributed by atoms with E-state index in [-0.39, 0.29) is 17.9 Å². The lowest BCUT2D eigenvalue weighted by Crippen LogP contribution is -2.61. The van der Waals surface area contributed by atoms with Gasteiger partial charge in [-0.2, -0.15) is 0 Å². The van der Waals surface area contributed by atoms with Gasteiger partial charge in [-0.25, -0.2) is 4.79 Å². The summed E-state index contributed by atoms with van der Waals surface area (Å²) in [6, 6.07) is 0. The maximum atomic E-state index is 11.0. The predicted molar refractivity (Wildman–Crippen MR) is 43.7 cm³/mol. The minimum Gasteiger partial charge on any atom is -0.350 e. The van der Waals surface area contributed by atoms with Crippen molar-refractivity contribution in [1.29, 1.82) is 0 Å². The van der Waals surface area contributed by atoms with E-state index in [4.69, 9.17) is 25.5 Å². The van der Waals surface area contributed by atoms with E-state index in [9.17, 15) is 14.4 Å². The molecule has 17 heavy (non-hydrogen) atoms. The van der Waals surface area contributed by atoms with E-state index in [1.807, 2.05) is 0 Å². The Hall–Kier alpha value is -1.59. The van der Waals surface area contributed by atoms with Gasteiger partial charge in [-0.15, -0.1) is 5.06 Å². The van der Waals surface area contributed by atoms with E-state index in [0.717, 1.165) is 0 Å². The predicted octanol–water partition coefficient (Wildman–Crippen LogP) is -4.09. The fourth-order valence-electron chi connectivity index (χ4n) is 0.941. The van der Waals surface area contributed by atoms with Gasteiger partial charge in [-0.1, -0.05) is 0 Å². The monoisotopic (exact) mass is 251 g/mol. The van der Waals surface area contributed by atoms with Gasteiger partial charge in [0.15, 0.2) is 0 Å². The molecule has 0 saturated carbocycles. The number of carbonyl (C=O) groups is 3. The van der Waals surface area contributed by atoms with Gasteiger partial charge < -0.3 is 30.4 Å². The van der Waals surface area contributed by atoms with Gasteiger partial charge in [0.2, 0.25) is 0 Å². The van der Waals surface area contributed by atoms with Crippen LogP contribution in [0.15, 0.2) is 0 Å². The lowest BCUT2D eigenvalue weighted by molar-refractivity contribution is -0.435. The smallest absolute Gasteiger partial charge is 0.350 e. The summed E-state index contributed by atoms with van der Waals surface area (Å²) in [7, 11) is 0. The molecule has 1 fully saturated rings. The topological polar surface area (TPSA) is 165 Å². The van der Waals surface area contributed by atoms with Crippen LogP contribution < -0.4 is 0 Å².